The van der Waals surface area contributed by atoms with Crippen LogP contribution in [0.5, 0.6) is 0 Å². The van der Waals surface area contributed by atoms with Crippen LogP contribution in [0.4, 0.5) is 0 Å². The first-order valence-corrected chi connectivity index (χ1v) is 6.21. The van der Waals surface area contributed by atoms with Crippen molar-refractivity contribution in [3.05, 3.63) is 34.9 Å². The first-order chi connectivity index (χ1) is 8.42. The van der Waals surface area contributed by atoms with Crippen LogP contribution in [0.25, 0.3) is 0 Å². The molecule has 1 aromatic carbocycles. The Kier molecular flexibility index (Phi) is 2.31. The number of rotatable bonds is 0. The van der Waals surface area contributed by atoms with Gasteiger partial charge in [0.15, 0.2) is 0 Å². The van der Waals surface area contributed by atoms with Gasteiger partial charge in [-0.2, -0.15) is 0 Å². The first kappa shape index (κ1) is 11.7. The lowest BCUT2D eigenvalue weighted by Gasteiger charge is -2.23. The molecule has 1 fully saturated rings. The average molecular weight is 246 g/mol. The standard InChI is InChI=1S/C14H18N2O2/c1-13(2,3)9-4-5-10-11(8-9)14(16-12(10)15)17-6-7-18-14/h4-5,8H,6-7H2,1-3H3,(H2,15,16). The number of aliphatic imine (C=N–C) groups is 1. The fraction of sp³-hybridized carbons (Fsp3) is 0.500. The highest BCUT2D eigenvalue weighted by atomic mass is 16.8. The molecule has 0 bridgehead atoms. The van der Waals surface area contributed by atoms with E-state index in [4.69, 9.17) is 15.2 Å². The summed E-state index contributed by atoms with van der Waals surface area (Å²) in [6, 6.07) is 6.20. The Bertz CT molecular complexity index is 523. The van der Waals surface area contributed by atoms with Gasteiger partial charge in [0, 0.05) is 11.1 Å². The third-order valence-corrected chi connectivity index (χ3v) is 3.45. The van der Waals surface area contributed by atoms with Crippen LogP contribution in [0, 0.1) is 0 Å². The molecule has 0 atom stereocenters. The van der Waals surface area contributed by atoms with E-state index >= 15 is 0 Å². The van der Waals surface area contributed by atoms with E-state index in [2.05, 4.69) is 37.9 Å². The molecule has 2 aliphatic rings. The first-order valence-electron chi connectivity index (χ1n) is 6.21. The summed E-state index contributed by atoms with van der Waals surface area (Å²) >= 11 is 0. The second-order valence-corrected chi connectivity index (χ2v) is 5.79. The number of amidine groups is 1. The number of hydrogen-bond donors (Lipinski definition) is 1. The van der Waals surface area contributed by atoms with Gasteiger partial charge in [-0.05, 0) is 17.0 Å². The predicted octanol–water partition coefficient (Wildman–Crippen LogP) is 1.86. The third-order valence-electron chi connectivity index (χ3n) is 3.45. The molecule has 0 aromatic heterocycles. The van der Waals surface area contributed by atoms with Gasteiger partial charge in [-0.25, -0.2) is 4.99 Å². The lowest BCUT2D eigenvalue weighted by Crippen LogP contribution is -2.23. The highest BCUT2D eigenvalue weighted by Crippen LogP contribution is 2.41. The molecule has 1 aromatic rings. The summed E-state index contributed by atoms with van der Waals surface area (Å²) in [6.45, 7) is 7.64. The fourth-order valence-electron chi connectivity index (χ4n) is 2.40. The number of benzene rings is 1. The third kappa shape index (κ3) is 1.56. The van der Waals surface area contributed by atoms with E-state index in [1.807, 2.05) is 6.07 Å². The lowest BCUT2D eigenvalue weighted by atomic mass is 9.85. The van der Waals surface area contributed by atoms with Crippen molar-refractivity contribution in [1.29, 1.82) is 0 Å². The zero-order valence-electron chi connectivity index (χ0n) is 11.0. The van der Waals surface area contributed by atoms with Crippen LogP contribution in [-0.4, -0.2) is 19.0 Å². The second kappa shape index (κ2) is 3.56. The molecule has 0 amide bonds. The molecule has 2 heterocycles. The topological polar surface area (TPSA) is 56.8 Å². The molecule has 0 radical (unpaired) electrons. The number of hydrogen-bond acceptors (Lipinski definition) is 4. The van der Waals surface area contributed by atoms with Crippen LogP contribution in [-0.2, 0) is 20.8 Å². The molecule has 4 heteroatoms. The van der Waals surface area contributed by atoms with Gasteiger partial charge >= 0.3 is 5.91 Å². The van der Waals surface area contributed by atoms with Crippen molar-refractivity contribution >= 4 is 5.84 Å². The average Bonchev–Trinajstić information content (AvgIpc) is 2.86. The largest absolute Gasteiger partial charge is 0.383 e. The Balaban J connectivity index is 2.15. The van der Waals surface area contributed by atoms with Gasteiger partial charge in [0.05, 0.1) is 13.2 Å². The monoisotopic (exact) mass is 246 g/mol. The minimum Gasteiger partial charge on any atom is -0.383 e. The number of fused-ring (bicyclic) bond motifs is 2. The van der Waals surface area contributed by atoms with E-state index in [-0.39, 0.29) is 5.41 Å². The molecule has 1 spiro atoms. The van der Waals surface area contributed by atoms with E-state index in [9.17, 15) is 0 Å². The van der Waals surface area contributed by atoms with Crippen molar-refractivity contribution in [3.63, 3.8) is 0 Å². The van der Waals surface area contributed by atoms with Crippen molar-refractivity contribution in [2.45, 2.75) is 32.1 Å². The van der Waals surface area contributed by atoms with Gasteiger partial charge in [0.25, 0.3) is 0 Å². The van der Waals surface area contributed by atoms with Crippen molar-refractivity contribution in [3.8, 4) is 0 Å². The minimum atomic E-state index is -0.985. The number of nitrogens with two attached hydrogens (primary N) is 1. The Morgan fingerprint density at radius 3 is 2.50 bits per heavy atom. The molecular formula is C14H18N2O2. The van der Waals surface area contributed by atoms with Crippen molar-refractivity contribution in [1.82, 2.24) is 0 Å². The van der Waals surface area contributed by atoms with E-state index in [1.165, 1.54) is 5.56 Å². The summed E-state index contributed by atoms with van der Waals surface area (Å²) in [5, 5.41) is 0. The van der Waals surface area contributed by atoms with Gasteiger partial charge in [-0.3, -0.25) is 0 Å². The van der Waals surface area contributed by atoms with Gasteiger partial charge in [0.2, 0.25) is 0 Å². The maximum atomic E-state index is 5.95. The normalized spacial score (nSPS) is 21.2. The maximum Gasteiger partial charge on any atom is 0.300 e. The van der Waals surface area contributed by atoms with Crippen molar-refractivity contribution in [2.75, 3.05) is 13.2 Å². The fourth-order valence-corrected chi connectivity index (χ4v) is 2.40. The molecule has 96 valence electrons. The zero-order valence-corrected chi connectivity index (χ0v) is 11.0. The van der Waals surface area contributed by atoms with Gasteiger partial charge in [-0.1, -0.05) is 32.9 Å². The smallest absolute Gasteiger partial charge is 0.300 e. The van der Waals surface area contributed by atoms with E-state index in [0.717, 1.165) is 11.1 Å². The lowest BCUT2D eigenvalue weighted by molar-refractivity contribution is -0.155. The van der Waals surface area contributed by atoms with E-state index in [0.29, 0.717) is 19.0 Å². The Morgan fingerprint density at radius 2 is 1.89 bits per heavy atom. The van der Waals surface area contributed by atoms with Crippen molar-refractivity contribution in [2.24, 2.45) is 10.7 Å². The molecule has 0 saturated carbocycles. The summed E-state index contributed by atoms with van der Waals surface area (Å²) in [5.74, 6) is -0.493. The summed E-state index contributed by atoms with van der Waals surface area (Å²) in [7, 11) is 0. The Morgan fingerprint density at radius 1 is 1.22 bits per heavy atom. The van der Waals surface area contributed by atoms with Crippen molar-refractivity contribution < 1.29 is 9.47 Å². The van der Waals surface area contributed by atoms with E-state index in [1.54, 1.807) is 0 Å². The number of ether oxygens (including phenoxy) is 2. The van der Waals surface area contributed by atoms with Crippen LogP contribution in [0.3, 0.4) is 0 Å². The SMILES string of the molecule is CC(C)(C)c1ccc2c(c1)C1(N=C2N)OCCO1. The predicted molar refractivity (Wildman–Crippen MR) is 69.4 cm³/mol. The van der Waals surface area contributed by atoms with Gasteiger partial charge < -0.3 is 15.2 Å². The molecule has 3 rings (SSSR count). The Hall–Kier alpha value is -1.39. The molecule has 0 unspecified atom stereocenters. The van der Waals surface area contributed by atoms with Gasteiger partial charge in [0.1, 0.15) is 5.84 Å². The summed E-state index contributed by atoms with van der Waals surface area (Å²) < 4.78 is 11.4. The summed E-state index contributed by atoms with van der Waals surface area (Å²) in [4.78, 5) is 4.36. The van der Waals surface area contributed by atoms with Crippen LogP contribution in [0.1, 0.15) is 37.5 Å². The molecule has 1 saturated heterocycles. The highest BCUT2D eigenvalue weighted by molar-refractivity contribution is 6.01. The Labute approximate surface area is 107 Å². The molecule has 0 aliphatic carbocycles. The highest BCUT2D eigenvalue weighted by Gasteiger charge is 2.45. The maximum absolute atomic E-state index is 5.95. The van der Waals surface area contributed by atoms with Crippen LogP contribution < -0.4 is 5.73 Å². The zero-order chi connectivity index (χ0) is 13.0. The van der Waals surface area contributed by atoms with Crippen LogP contribution in [0.15, 0.2) is 23.2 Å². The quantitative estimate of drug-likeness (QED) is 0.760. The molecular weight excluding hydrogens is 228 g/mol. The van der Waals surface area contributed by atoms with E-state index < -0.39 is 5.91 Å². The molecule has 2 N–H and O–H groups in total. The molecule has 18 heavy (non-hydrogen) atoms. The van der Waals surface area contributed by atoms with Crippen LogP contribution >= 0.6 is 0 Å². The molecule has 4 nitrogen and oxygen atoms in total. The minimum absolute atomic E-state index is 0.0756. The van der Waals surface area contributed by atoms with Gasteiger partial charge in [-0.15, -0.1) is 0 Å². The summed E-state index contributed by atoms with van der Waals surface area (Å²) in [6.07, 6.45) is 0. The summed E-state index contributed by atoms with van der Waals surface area (Å²) in [5.41, 5.74) is 9.11. The number of nitrogens with zero attached hydrogens (tertiary/aromatic N) is 1. The second-order valence-electron chi connectivity index (χ2n) is 5.79. The molecule has 2 aliphatic heterocycles. The van der Waals surface area contributed by atoms with Crippen LogP contribution in [0.2, 0.25) is 0 Å².